The minimum atomic E-state index is -0.999. The zero-order valence-electron chi connectivity index (χ0n) is 10.6. The van der Waals surface area contributed by atoms with Crippen molar-refractivity contribution >= 4 is 28.9 Å². The fraction of sp³-hybridized carbons (Fsp3) is 0.143. The van der Waals surface area contributed by atoms with Gasteiger partial charge in [0.1, 0.15) is 0 Å². The van der Waals surface area contributed by atoms with E-state index in [0.717, 1.165) is 4.88 Å². The predicted molar refractivity (Wildman–Crippen MR) is 75.1 cm³/mol. The summed E-state index contributed by atoms with van der Waals surface area (Å²) >= 11 is 1.40. The first-order valence-electron chi connectivity index (χ1n) is 5.69. The SMILES string of the molecule is Cc1ccc(C(=O)Nc2cccc(C(=O)O)c2C)s1. The van der Waals surface area contributed by atoms with Crippen LogP contribution in [0.25, 0.3) is 0 Å². The summed E-state index contributed by atoms with van der Waals surface area (Å²) in [5.74, 6) is -1.22. The number of hydrogen-bond acceptors (Lipinski definition) is 3. The lowest BCUT2D eigenvalue weighted by Gasteiger charge is -2.09. The smallest absolute Gasteiger partial charge is 0.336 e. The van der Waals surface area contributed by atoms with E-state index in [2.05, 4.69) is 5.32 Å². The molecule has 0 aliphatic carbocycles. The molecule has 1 heterocycles. The Balaban J connectivity index is 2.27. The molecule has 0 atom stereocenters. The zero-order valence-corrected chi connectivity index (χ0v) is 11.4. The summed E-state index contributed by atoms with van der Waals surface area (Å²) in [5.41, 5.74) is 1.27. The molecule has 0 unspecified atom stereocenters. The number of carbonyl (C=O) groups is 2. The van der Waals surface area contributed by atoms with Gasteiger partial charge in [0.05, 0.1) is 10.4 Å². The van der Waals surface area contributed by atoms with E-state index in [9.17, 15) is 9.59 Å². The third kappa shape index (κ3) is 2.82. The molecule has 2 rings (SSSR count). The highest BCUT2D eigenvalue weighted by atomic mass is 32.1. The third-order valence-electron chi connectivity index (χ3n) is 2.78. The third-order valence-corrected chi connectivity index (χ3v) is 3.78. The van der Waals surface area contributed by atoms with Crippen LogP contribution in [0.1, 0.15) is 30.5 Å². The Morgan fingerprint density at radius 3 is 2.47 bits per heavy atom. The molecule has 4 nitrogen and oxygen atoms in total. The lowest BCUT2D eigenvalue weighted by atomic mass is 10.1. The van der Waals surface area contributed by atoms with Gasteiger partial charge < -0.3 is 10.4 Å². The first-order chi connectivity index (χ1) is 8.99. The Morgan fingerprint density at radius 1 is 1.16 bits per heavy atom. The molecule has 0 saturated carbocycles. The molecule has 5 heteroatoms. The van der Waals surface area contributed by atoms with E-state index >= 15 is 0 Å². The number of rotatable bonds is 3. The van der Waals surface area contributed by atoms with Crippen LogP contribution in [-0.2, 0) is 0 Å². The van der Waals surface area contributed by atoms with Gasteiger partial charge in [-0.25, -0.2) is 4.79 Å². The molecule has 2 N–H and O–H groups in total. The highest BCUT2D eigenvalue weighted by Crippen LogP contribution is 2.21. The maximum Gasteiger partial charge on any atom is 0.336 e. The average molecular weight is 275 g/mol. The van der Waals surface area contributed by atoms with Crippen molar-refractivity contribution in [1.82, 2.24) is 0 Å². The van der Waals surface area contributed by atoms with Crippen molar-refractivity contribution in [3.8, 4) is 0 Å². The van der Waals surface area contributed by atoms with Crippen LogP contribution in [0, 0.1) is 13.8 Å². The van der Waals surface area contributed by atoms with E-state index in [4.69, 9.17) is 5.11 Å². The number of nitrogens with one attached hydrogen (secondary N) is 1. The lowest BCUT2D eigenvalue weighted by Crippen LogP contribution is -2.12. The standard InChI is InChI=1S/C14H13NO3S/c1-8-6-7-12(19-8)13(16)15-11-5-3-4-10(9(11)2)14(17)18/h3-7H,1-2H3,(H,15,16)(H,17,18). The van der Waals surface area contributed by atoms with Gasteiger partial charge in [-0.1, -0.05) is 6.07 Å². The normalized spacial score (nSPS) is 10.2. The molecule has 1 aromatic heterocycles. The monoisotopic (exact) mass is 275 g/mol. The maximum absolute atomic E-state index is 12.0. The van der Waals surface area contributed by atoms with Gasteiger partial charge in [0.2, 0.25) is 0 Å². The zero-order chi connectivity index (χ0) is 14.0. The van der Waals surface area contributed by atoms with Gasteiger partial charge in [-0.3, -0.25) is 4.79 Å². The van der Waals surface area contributed by atoms with E-state index in [1.165, 1.54) is 17.4 Å². The predicted octanol–water partition coefficient (Wildman–Crippen LogP) is 3.32. The minimum absolute atomic E-state index is 0.195. The van der Waals surface area contributed by atoms with E-state index in [1.54, 1.807) is 25.1 Å². The van der Waals surface area contributed by atoms with E-state index in [0.29, 0.717) is 16.1 Å². The maximum atomic E-state index is 12.0. The summed E-state index contributed by atoms with van der Waals surface area (Å²) in [4.78, 5) is 24.7. The van der Waals surface area contributed by atoms with Crippen molar-refractivity contribution in [2.45, 2.75) is 13.8 Å². The van der Waals surface area contributed by atoms with Crippen LogP contribution < -0.4 is 5.32 Å². The van der Waals surface area contributed by atoms with Gasteiger partial charge in [-0.05, 0) is 43.7 Å². The van der Waals surface area contributed by atoms with Gasteiger partial charge in [0.25, 0.3) is 5.91 Å². The number of carbonyl (C=O) groups excluding carboxylic acids is 1. The van der Waals surface area contributed by atoms with Crippen molar-refractivity contribution in [3.05, 3.63) is 51.2 Å². The lowest BCUT2D eigenvalue weighted by molar-refractivity contribution is 0.0695. The number of benzene rings is 1. The van der Waals surface area contributed by atoms with Gasteiger partial charge in [-0.2, -0.15) is 0 Å². The molecule has 19 heavy (non-hydrogen) atoms. The molecular weight excluding hydrogens is 262 g/mol. The minimum Gasteiger partial charge on any atom is -0.478 e. The number of amides is 1. The van der Waals surface area contributed by atoms with Crippen LogP contribution in [-0.4, -0.2) is 17.0 Å². The summed E-state index contributed by atoms with van der Waals surface area (Å²) in [6.07, 6.45) is 0. The number of carboxylic acids is 1. The summed E-state index contributed by atoms with van der Waals surface area (Å²) < 4.78 is 0. The van der Waals surface area contributed by atoms with Crippen molar-refractivity contribution in [3.63, 3.8) is 0 Å². The molecule has 2 aromatic rings. The Bertz CT molecular complexity index is 646. The first kappa shape index (κ1) is 13.3. The molecule has 0 fully saturated rings. The van der Waals surface area contributed by atoms with Gasteiger partial charge >= 0.3 is 5.97 Å². The number of aromatic carboxylic acids is 1. The fourth-order valence-electron chi connectivity index (χ4n) is 1.74. The topological polar surface area (TPSA) is 66.4 Å². The van der Waals surface area contributed by atoms with Crippen molar-refractivity contribution in [2.24, 2.45) is 0 Å². The molecule has 0 radical (unpaired) electrons. The largest absolute Gasteiger partial charge is 0.478 e. The van der Waals surface area contributed by atoms with E-state index in [-0.39, 0.29) is 11.5 Å². The second-order valence-electron chi connectivity index (χ2n) is 4.15. The average Bonchev–Trinajstić information content (AvgIpc) is 2.78. The first-order valence-corrected chi connectivity index (χ1v) is 6.51. The Kier molecular flexibility index (Phi) is 3.66. The molecule has 0 bridgehead atoms. The van der Waals surface area contributed by atoms with Gasteiger partial charge in [0.15, 0.2) is 0 Å². The molecule has 1 aromatic carbocycles. The molecule has 0 saturated heterocycles. The Hall–Kier alpha value is -2.14. The molecular formula is C14H13NO3S. The van der Waals surface area contributed by atoms with E-state index in [1.807, 2.05) is 13.0 Å². The number of anilines is 1. The summed E-state index contributed by atoms with van der Waals surface area (Å²) in [7, 11) is 0. The molecule has 0 spiro atoms. The summed E-state index contributed by atoms with van der Waals surface area (Å²) in [5, 5.41) is 11.8. The highest BCUT2D eigenvalue weighted by Gasteiger charge is 2.13. The molecule has 0 aliphatic rings. The number of aryl methyl sites for hydroxylation is 1. The van der Waals surface area contributed by atoms with Crippen molar-refractivity contribution < 1.29 is 14.7 Å². The Morgan fingerprint density at radius 2 is 1.89 bits per heavy atom. The summed E-state index contributed by atoms with van der Waals surface area (Å²) in [6.45, 7) is 3.61. The number of hydrogen-bond donors (Lipinski definition) is 2. The Labute approximate surface area is 114 Å². The number of carboxylic acid groups (broad SMARTS) is 1. The van der Waals surface area contributed by atoms with Gasteiger partial charge in [0, 0.05) is 10.6 Å². The molecule has 1 amide bonds. The quantitative estimate of drug-likeness (QED) is 0.903. The summed E-state index contributed by atoms with van der Waals surface area (Å²) in [6, 6.07) is 8.46. The molecule has 0 aliphatic heterocycles. The fourth-order valence-corrected chi connectivity index (χ4v) is 2.51. The van der Waals surface area contributed by atoms with Crippen LogP contribution in [0.4, 0.5) is 5.69 Å². The second-order valence-corrected chi connectivity index (χ2v) is 5.44. The van der Waals surface area contributed by atoms with Crippen LogP contribution in [0.15, 0.2) is 30.3 Å². The highest BCUT2D eigenvalue weighted by molar-refractivity contribution is 7.14. The van der Waals surface area contributed by atoms with Crippen LogP contribution in [0.2, 0.25) is 0 Å². The van der Waals surface area contributed by atoms with E-state index < -0.39 is 5.97 Å². The second kappa shape index (κ2) is 5.24. The van der Waals surface area contributed by atoms with Gasteiger partial charge in [-0.15, -0.1) is 11.3 Å². The molecule has 98 valence electrons. The van der Waals surface area contributed by atoms with Crippen LogP contribution in [0.3, 0.4) is 0 Å². The van der Waals surface area contributed by atoms with Crippen LogP contribution >= 0.6 is 11.3 Å². The number of thiophene rings is 1. The van der Waals surface area contributed by atoms with Crippen molar-refractivity contribution in [2.75, 3.05) is 5.32 Å². The van der Waals surface area contributed by atoms with Crippen molar-refractivity contribution in [1.29, 1.82) is 0 Å². The van der Waals surface area contributed by atoms with Crippen LogP contribution in [0.5, 0.6) is 0 Å².